The van der Waals surface area contributed by atoms with Gasteiger partial charge in [-0.2, -0.15) is 0 Å². The number of hydrogen-bond donors (Lipinski definition) is 0. The third-order valence-electron chi connectivity index (χ3n) is 5.33. The lowest BCUT2D eigenvalue weighted by Gasteiger charge is -2.21. The van der Waals surface area contributed by atoms with Crippen LogP contribution in [0.25, 0.3) is 22.4 Å². The van der Waals surface area contributed by atoms with E-state index in [2.05, 4.69) is 49.6 Å². The van der Waals surface area contributed by atoms with Crippen molar-refractivity contribution in [1.82, 2.24) is 0 Å². The Morgan fingerprint density at radius 3 is 2.33 bits per heavy atom. The quantitative estimate of drug-likeness (QED) is 0.560. The second-order valence-electron chi connectivity index (χ2n) is 7.16. The molecule has 2 heteroatoms. The van der Waals surface area contributed by atoms with Gasteiger partial charge in [0.05, 0.1) is 5.56 Å². The summed E-state index contributed by atoms with van der Waals surface area (Å²) in [5.74, 6) is -0.134. The van der Waals surface area contributed by atoms with Crippen LogP contribution in [0.1, 0.15) is 30.5 Å². The van der Waals surface area contributed by atoms with Crippen molar-refractivity contribution in [3.63, 3.8) is 0 Å². The highest BCUT2D eigenvalue weighted by Crippen LogP contribution is 2.53. The van der Waals surface area contributed by atoms with Crippen LogP contribution < -0.4 is 4.57 Å². The minimum absolute atomic E-state index is 0.134. The standard InChI is InChI=1S/C22H21FN/c1-14-11-12-16-21(19(14)18-10-5-6-13-24(18)4)20-15(22(16,2)3)8-7-9-17(20)23/h5-13H,1-4H3/q+1. The smallest absolute Gasteiger partial charge is 0.206 e. The van der Waals surface area contributed by atoms with E-state index in [0.717, 1.165) is 27.9 Å². The van der Waals surface area contributed by atoms with Crippen molar-refractivity contribution >= 4 is 0 Å². The second kappa shape index (κ2) is 5.01. The number of benzene rings is 2. The summed E-state index contributed by atoms with van der Waals surface area (Å²) in [6, 6.07) is 15.9. The Bertz CT molecular complexity index is 970. The summed E-state index contributed by atoms with van der Waals surface area (Å²) >= 11 is 0. The van der Waals surface area contributed by atoms with Crippen LogP contribution in [0.4, 0.5) is 4.39 Å². The molecule has 1 aliphatic carbocycles. The summed E-state index contributed by atoms with van der Waals surface area (Å²) in [6.45, 7) is 6.47. The topological polar surface area (TPSA) is 3.88 Å². The summed E-state index contributed by atoms with van der Waals surface area (Å²) in [5, 5.41) is 0. The average Bonchev–Trinajstić information content (AvgIpc) is 2.78. The number of pyridine rings is 1. The Hall–Kier alpha value is -2.48. The molecule has 0 bridgehead atoms. The first-order chi connectivity index (χ1) is 11.4. The SMILES string of the molecule is Cc1ccc2c(c1-c1cccc[n+]1C)-c1c(F)cccc1C2(C)C. The van der Waals surface area contributed by atoms with Gasteiger partial charge in [0, 0.05) is 28.7 Å². The van der Waals surface area contributed by atoms with Crippen LogP contribution in [0.5, 0.6) is 0 Å². The van der Waals surface area contributed by atoms with Gasteiger partial charge in [-0.3, -0.25) is 0 Å². The van der Waals surface area contributed by atoms with Crippen molar-refractivity contribution < 1.29 is 8.96 Å². The van der Waals surface area contributed by atoms with Crippen LogP contribution in [0.2, 0.25) is 0 Å². The Balaban J connectivity index is 2.18. The molecular formula is C22H21FN+. The summed E-state index contributed by atoms with van der Waals surface area (Å²) in [5.41, 5.74) is 7.31. The lowest BCUT2D eigenvalue weighted by atomic mass is 9.81. The number of fused-ring (bicyclic) bond motifs is 3. The summed E-state index contributed by atoms with van der Waals surface area (Å²) in [4.78, 5) is 0. The molecule has 0 aliphatic heterocycles. The average molecular weight is 318 g/mol. The second-order valence-corrected chi connectivity index (χ2v) is 7.16. The molecule has 0 saturated heterocycles. The first-order valence-corrected chi connectivity index (χ1v) is 8.31. The highest BCUT2D eigenvalue weighted by atomic mass is 19.1. The van der Waals surface area contributed by atoms with Gasteiger partial charge in [-0.15, -0.1) is 0 Å². The summed E-state index contributed by atoms with van der Waals surface area (Å²) < 4.78 is 16.9. The Labute approximate surface area is 142 Å². The van der Waals surface area contributed by atoms with Crippen molar-refractivity contribution in [3.8, 4) is 22.4 Å². The summed E-state index contributed by atoms with van der Waals surface area (Å²) in [6.07, 6.45) is 2.04. The van der Waals surface area contributed by atoms with Gasteiger partial charge < -0.3 is 0 Å². The molecule has 4 rings (SSSR count). The first-order valence-electron chi connectivity index (χ1n) is 8.31. The van der Waals surface area contributed by atoms with E-state index in [-0.39, 0.29) is 11.2 Å². The highest BCUT2D eigenvalue weighted by molar-refractivity contribution is 5.92. The highest BCUT2D eigenvalue weighted by Gasteiger charge is 2.39. The molecule has 1 aliphatic rings. The third-order valence-corrected chi connectivity index (χ3v) is 5.33. The summed E-state index contributed by atoms with van der Waals surface area (Å²) in [7, 11) is 2.04. The fourth-order valence-electron chi connectivity index (χ4n) is 4.04. The molecular weight excluding hydrogens is 297 g/mol. The van der Waals surface area contributed by atoms with Crippen LogP contribution in [0.3, 0.4) is 0 Å². The molecule has 24 heavy (non-hydrogen) atoms. The number of rotatable bonds is 1. The van der Waals surface area contributed by atoms with E-state index in [1.165, 1.54) is 11.1 Å². The largest absolute Gasteiger partial charge is 0.213 e. The predicted molar refractivity (Wildman–Crippen MR) is 95.3 cm³/mol. The number of hydrogen-bond acceptors (Lipinski definition) is 0. The molecule has 0 unspecified atom stereocenters. The van der Waals surface area contributed by atoms with E-state index < -0.39 is 0 Å². The molecule has 0 atom stereocenters. The third kappa shape index (κ3) is 1.89. The van der Waals surface area contributed by atoms with Gasteiger partial charge in [-0.1, -0.05) is 38.1 Å². The first kappa shape index (κ1) is 15.1. The molecule has 0 saturated carbocycles. The molecule has 1 heterocycles. The zero-order valence-corrected chi connectivity index (χ0v) is 14.5. The van der Waals surface area contributed by atoms with Gasteiger partial charge in [0.2, 0.25) is 5.69 Å². The van der Waals surface area contributed by atoms with E-state index in [9.17, 15) is 4.39 Å². The Morgan fingerprint density at radius 1 is 0.833 bits per heavy atom. The zero-order valence-electron chi connectivity index (χ0n) is 14.5. The molecule has 2 aromatic carbocycles. The molecule has 3 aromatic rings. The molecule has 0 spiro atoms. The van der Waals surface area contributed by atoms with E-state index >= 15 is 0 Å². The van der Waals surface area contributed by atoms with Crippen LogP contribution in [0.15, 0.2) is 54.7 Å². The van der Waals surface area contributed by atoms with Crippen molar-refractivity contribution in [1.29, 1.82) is 0 Å². The number of aryl methyl sites for hydroxylation is 2. The number of nitrogens with zero attached hydrogens (tertiary/aromatic N) is 1. The van der Waals surface area contributed by atoms with E-state index in [4.69, 9.17) is 0 Å². The Kier molecular flexibility index (Phi) is 3.14. The van der Waals surface area contributed by atoms with Crippen LogP contribution in [-0.2, 0) is 12.5 Å². The van der Waals surface area contributed by atoms with Gasteiger partial charge in [-0.05, 0) is 35.7 Å². The minimum atomic E-state index is -0.192. The van der Waals surface area contributed by atoms with E-state index in [0.29, 0.717) is 0 Å². The molecule has 1 nitrogen and oxygen atoms in total. The Morgan fingerprint density at radius 2 is 1.58 bits per heavy atom. The van der Waals surface area contributed by atoms with Crippen LogP contribution >= 0.6 is 0 Å². The van der Waals surface area contributed by atoms with Gasteiger partial charge in [-0.25, -0.2) is 8.96 Å². The normalized spacial score (nSPS) is 14.4. The minimum Gasteiger partial charge on any atom is -0.206 e. The van der Waals surface area contributed by atoms with Gasteiger partial charge in [0.15, 0.2) is 6.20 Å². The van der Waals surface area contributed by atoms with E-state index in [1.54, 1.807) is 6.07 Å². The molecule has 0 N–H and O–H groups in total. The predicted octanol–water partition coefficient (Wildman–Crippen LogP) is 4.93. The zero-order chi connectivity index (χ0) is 17.1. The molecule has 0 fully saturated rings. The monoisotopic (exact) mass is 318 g/mol. The fraction of sp³-hybridized carbons (Fsp3) is 0.227. The fourth-order valence-corrected chi connectivity index (χ4v) is 4.04. The van der Waals surface area contributed by atoms with Crippen molar-refractivity contribution in [2.75, 3.05) is 0 Å². The molecule has 120 valence electrons. The van der Waals surface area contributed by atoms with Crippen LogP contribution in [0, 0.1) is 12.7 Å². The van der Waals surface area contributed by atoms with Crippen molar-refractivity contribution in [3.05, 3.63) is 77.2 Å². The molecule has 0 radical (unpaired) electrons. The maximum atomic E-state index is 14.8. The maximum Gasteiger partial charge on any atom is 0.213 e. The lowest BCUT2D eigenvalue weighted by molar-refractivity contribution is -0.660. The maximum absolute atomic E-state index is 14.8. The molecule has 1 aromatic heterocycles. The van der Waals surface area contributed by atoms with Gasteiger partial charge in [0.1, 0.15) is 12.9 Å². The van der Waals surface area contributed by atoms with Crippen molar-refractivity contribution in [2.45, 2.75) is 26.2 Å². The number of aromatic nitrogens is 1. The van der Waals surface area contributed by atoms with Gasteiger partial charge in [0.25, 0.3) is 0 Å². The van der Waals surface area contributed by atoms with E-state index in [1.807, 2.05) is 31.4 Å². The lowest BCUT2D eigenvalue weighted by Crippen LogP contribution is -2.30. The van der Waals surface area contributed by atoms with Gasteiger partial charge >= 0.3 is 0 Å². The molecule has 0 amide bonds. The van der Waals surface area contributed by atoms with Crippen molar-refractivity contribution in [2.24, 2.45) is 7.05 Å². The van der Waals surface area contributed by atoms with Crippen LogP contribution in [-0.4, -0.2) is 0 Å². The number of halogens is 1.